The molecule has 0 aliphatic heterocycles. The fourth-order valence-corrected chi connectivity index (χ4v) is 2.04. The summed E-state index contributed by atoms with van der Waals surface area (Å²) in [6.07, 6.45) is 4.20. The number of halogens is 1. The lowest BCUT2D eigenvalue weighted by Gasteiger charge is -2.18. The maximum absolute atomic E-state index is 8.70. The number of aliphatic hydroxyl groups is 1. The summed E-state index contributed by atoms with van der Waals surface area (Å²) in [6.45, 7) is 7.51. The normalized spacial score (nSPS) is 11.6. The van der Waals surface area contributed by atoms with Crippen molar-refractivity contribution in [3.63, 3.8) is 0 Å². The van der Waals surface area contributed by atoms with Gasteiger partial charge in [-0.05, 0) is 28.8 Å². The van der Waals surface area contributed by atoms with Gasteiger partial charge in [0.15, 0.2) is 0 Å². The van der Waals surface area contributed by atoms with Gasteiger partial charge in [0.2, 0.25) is 0 Å². The zero-order chi connectivity index (χ0) is 14.3. The summed E-state index contributed by atoms with van der Waals surface area (Å²) in [4.78, 5) is 8.96. The van der Waals surface area contributed by atoms with Crippen LogP contribution in [-0.2, 0) is 5.41 Å². The zero-order valence-corrected chi connectivity index (χ0v) is 13.6. The van der Waals surface area contributed by atoms with E-state index >= 15 is 0 Å². The van der Waals surface area contributed by atoms with Crippen LogP contribution in [0.15, 0.2) is 10.7 Å². The van der Waals surface area contributed by atoms with Crippen LogP contribution >= 0.6 is 15.9 Å². The highest BCUT2D eigenvalue weighted by atomic mass is 79.9. The molecule has 1 aromatic heterocycles. The average Bonchev–Trinajstić information content (AvgIpc) is 2.32. The number of anilines is 1. The molecule has 0 radical (unpaired) electrons. The smallest absolute Gasteiger partial charge is 0.137 e. The fourth-order valence-electron chi connectivity index (χ4n) is 1.65. The van der Waals surface area contributed by atoms with Gasteiger partial charge in [-0.1, -0.05) is 33.6 Å². The van der Waals surface area contributed by atoms with Gasteiger partial charge < -0.3 is 10.4 Å². The number of aliphatic hydroxyl groups excluding tert-OH is 1. The van der Waals surface area contributed by atoms with Gasteiger partial charge in [-0.2, -0.15) is 0 Å². The number of hydrogen-bond donors (Lipinski definition) is 2. The van der Waals surface area contributed by atoms with E-state index in [1.807, 2.05) is 6.07 Å². The van der Waals surface area contributed by atoms with Crippen molar-refractivity contribution in [2.24, 2.45) is 0 Å². The van der Waals surface area contributed by atoms with Crippen LogP contribution in [0.4, 0.5) is 5.82 Å². The molecule has 4 nitrogen and oxygen atoms in total. The van der Waals surface area contributed by atoms with E-state index in [2.05, 4.69) is 52.0 Å². The monoisotopic (exact) mass is 329 g/mol. The van der Waals surface area contributed by atoms with Crippen molar-refractivity contribution in [3.8, 4) is 0 Å². The first-order valence-electron chi connectivity index (χ1n) is 6.83. The Balaban J connectivity index is 2.48. The summed E-state index contributed by atoms with van der Waals surface area (Å²) in [7, 11) is 0. The minimum atomic E-state index is -0.0542. The van der Waals surface area contributed by atoms with Gasteiger partial charge in [0.25, 0.3) is 0 Å². The van der Waals surface area contributed by atoms with Crippen molar-refractivity contribution in [1.82, 2.24) is 9.97 Å². The highest BCUT2D eigenvalue weighted by Gasteiger charge is 2.18. The van der Waals surface area contributed by atoms with Gasteiger partial charge in [0.05, 0.1) is 0 Å². The molecule has 1 aromatic rings. The topological polar surface area (TPSA) is 58.0 Å². The number of rotatable bonds is 7. The standard InChI is InChI=1S/C14H24BrN3O/c1-14(2,3)13-17-11(15)10-12(18-13)16-8-6-4-5-7-9-19/h10,19H,4-9H2,1-3H3,(H,16,17,18). The van der Waals surface area contributed by atoms with Gasteiger partial charge >= 0.3 is 0 Å². The highest BCUT2D eigenvalue weighted by Crippen LogP contribution is 2.22. The van der Waals surface area contributed by atoms with Gasteiger partial charge in [0, 0.05) is 24.6 Å². The zero-order valence-electron chi connectivity index (χ0n) is 12.0. The Hall–Kier alpha value is -0.680. The number of nitrogens with zero attached hydrogens (tertiary/aromatic N) is 2. The molecule has 0 bridgehead atoms. The minimum absolute atomic E-state index is 0.0542. The largest absolute Gasteiger partial charge is 0.396 e. The van der Waals surface area contributed by atoms with Crippen molar-refractivity contribution in [2.45, 2.75) is 51.9 Å². The van der Waals surface area contributed by atoms with E-state index in [-0.39, 0.29) is 5.41 Å². The number of nitrogens with one attached hydrogen (secondary N) is 1. The molecule has 0 atom stereocenters. The second-order valence-corrected chi connectivity index (χ2v) is 6.53. The lowest BCUT2D eigenvalue weighted by Crippen LogP contribution is -2.17. The van der Waals surface area contributed by atoms with Crippen molar-refractivity contribution < 1.29 is 5.11 Å². The molecule has 108 valence electrons. The summed E-state index contributed by atoms with van der Waals surface area (Å²) in [5.74, 6) is 1.71. The minimum Gasteiger partial charge on any atom is -0.396 e. The molecular formula is C14H24BrN3O. The molecule has 1 heterocycles. The van der Waals surface area contributed by atoms with Crippen LogP contribution in [0.5, 0.6) is 0 Å². The Morgan fingerprint density at radius 3 is 2.47 bits per heavy atom. The Bertz CT molecular complexity index is 391. The predicted molar refractivity (Wildman–Crippen MR) is 82.5 cm³/mol. The molecular weight excluding hydrogens is 306 g/mol. The molecule has 19 heavy (non-hydrogen) atoms. The second kappa shape index (κ2) is 7.80. The first kappa shape index (κ1) is 16.4. The summed E-state index contributed by atoms with van der Waals surface area (Å²) in [5, 5.41) is 12.0. The van der Waals surface area contributed by atoms with Gasteiger partial charge in [-0.3, -0.25) is 0 Å². The molecule has 1 rings (SSSR count). The van der Waals surface area contributed by atoms with Crippen molar-refractivity contribution in [1.29, 1.82) is 0 Å². The van der Waals surface area contributed by atoms with E-state index in [0.717, 1.165) is 48.5 Å². The second-order valence-electron chi connectivity index (χ2n) is 5.71. The molecule has 0 aliphatic rings. The van der Waals surface area contributed by atoms with Gasteiger partial charge in [-0.15, -0.1) is 0 Å². The maximum Gasteiger partial charge on any atom is 0.137 e. The number of aromatic nitrogens is 2. The molecule has 0 spiro atoms. The third-order valence-corrected chi connectivity index (χ3v) is 3.16. The van der Waals surface area contributed by atoms with Crippen LogP contribution in [0.3, 0.4) is 0 Å². The highest BCUT2D eigenvalue weighted by molar-refractivity contribution is 9.10. The molecule has 0 fully saturated rings. The molecule has 0 amide bonds. The van der Waals surface area contributed by atoms with Crippen LogP contribution in [0.25, 0.3) is 0 Å². The molecule has 5 heteroatoms. The lowest BCUT2D eigenvalue weighted by atomic mass is 9.96. The van der Waals surface area contributed by atoms with Crippen LogP contribution < -0.4 is 5.32 Å². The molecule has 0 aromatic carbocycles. The van der Waals surface area contributed by atoms with Crippen molar-refractivity contribution in [3.05, 3.63) is 16.5 Å². The maximum atomic E-state index is 8.70. The van der Waals surface area contributed by atoms with Crippen LogP contribution in [0, 0.1) is 0 Å². The Morgan fingerprint density at radius 2 is 1.84 bits per heavy atom. The third-order valence-electron chi connectivity index (χ3n) is 2.76. The van der Waals surface area contributed by atoms with Gasteiger partial charge in [-0.25, -0.2) is 9.97 Å². The van der Waals surface area contributed by atoms with E-state index in [4.69, 9.17) is 5.11 Å². The fraction of sp³-hybridized carbons (Fsp3) is 0.714. The quantitative estimate of drug-likeness (QED) is 0.593. The van der Waals surface area contributed by atoms with Crippen molar-refractivity contribution in [2.75, 3.05) is 18.5 Å². The van der Waals surface area contributed by atoms with E-state index in [9.17, 15) is 0 Å². The van der Waals surface area contributed by atoms with Crippen LogP contribution in [0.1, 0.15) is 52.3 Å². The SMILES string of the molecule is CC(C)(C)c1nc(Br)cc(NCCCCCCO)n1. The summed E-state index contributed by atoms with van der Waals surface area (Å²) in [6, 6.07) is 1.91. The molecule has 0 saturated heterocycles. The molecule has 0 aliphatic carbocycles. The van der Waals surface area contributed by atoms with E-state index < -0.39 is 0 Å². The third kappa shape index (κ3) is 6.34. The van der Waals surface area contributed by atoms with E-state index in [1.54, 1.807) is 0 Å². The Kier molecular flexibility index (Phi) is 6.72. The summed E-state index contributed by atoms with van der Waals surface area (Å²) >= 11 is 3.43. The predicted octanol–water partition coefficient (Wildman–Crippen LogP) is 3.50. The molecule has 0 saturated carbocycles. The number of unbranched alkanes of at least 4 members (excludes halogenated alkanes) is 3. The van der Waals surface area contributed by atoms with Crippen LogP contribution in [-0.4, -0.2) is 28.2 Å². The lowest BCUT2D eigenvalue weighted by molar-refractivity contribution is 0.283. The molecule has 2 N–H and O–H groups in total. The molecule has 0 unspecified atom stereocenters. The first-order valence-corrected chi connectivity index (χ1v) is 7.62. The average molecular weight is 330 g/mol. The Morgan fingerprint density at radius 1 is 1.16 bits per heavy atom. The van der Waals surface area contributed by atoms with Crippen molar-refractivity contribution >= 4 is 21.7 Å². The number of hydrogen-bond acceptors (Lipinski definition) is 4. The summed E-state index contributed by atoms with van der Waals surface area (Å²) in [5.41, 5.74) is -0.0542. The Labute approximate surface area is 124 Å². The van der Waals surface area contributed by atoms with E-state index in [0.29, 0.717) is 6.61 Å². The summed E-state index contributed by atoms with van der Waals surface area (Å²) < 4.78 is 0.815. The van der Waals surface area contributed by atoms with Crippen LogP contribution in [0.2, 0.25) is 0 Å². The van der Waals surface area contributed by atoms with E-state index in [1.165, 1.54) is 0 Å². The van der Waals surface area contributed by atoms with Gasteiger partial charge in [0.1, 0.15) is 16.2 Å². The first-order chi connectivity index (χ1) is 8.93.